The Morgan fingerprint density at radius 2 is 2.20 bits per heavy atom. The fourth-order valence-corrected chi connectivity index (χ4v) is 1.23. The van der Waals surface area contributed by atoms with Crippen LogP contribution in [0.2, 0.25) is 5.02 Å². The van der Waals surface area contributed by atoms with Crippen LogP contribution in [0.15, 0.2) is 18.3 Å². The van der Waals surface area contributed by atoms with E-state index < -0.39 is 24.7 Å². The van der Waals surface area contributed by atoms with Crippen molar-refractivity contribution in [3.05, 3.63) is 29.0 Å². The van der Waals surface area contributed by atoms with E-state index in [9.17, 15) is 13.6 Å². The van der Waals surface area contributed by atoms with Gasteiger partial charge in [0.25, 0.3) is 0 Å². The van der Waals surface area contributed by atoms with Gasteiger partial charge in [-0.1, -0.05) is 11.6 Å². The molecule has 1 heterocycles. The van der Waals surface area contributed by atoms with Crippen LogP contribution < -0.4 is 0 Å². The van der Waals surface area contributed by atoms with Crippen molar-refractivity contribution in [2.75, 3.05) is 0 Å². The molecule has 0 bridgehead atoms. The van der Waals surface area contributed by atoms with Gasteiger partial charge in [-0.2, -0.15) is 0 Å². The lowest BCUT2D eigenvalue weighted by molar-refractivity contribution is -0.138. The molecule has 1 unspecified atom stereocenters. The maximum Gasteiger partial charge on any atom is 0.304 e. The van der Waals surface area contributed by atoms with Gasteiger partial charge in [-0.3, -0.25) is 9.78 Å². The van der Waals surface area contributed by atoms with E-state index in [1.165, 1.54) is 18.3 Å². The quantitative estimate of drug-likeness (QED) is 0.873. The first-order valence-corrected chi connectivity index (χ1v) is 4.50. The molecule has 0 saturated carbocycles. The molecule has 0 radical (unpaired) electrons. The molecule has 0 aromatic carbocycles. The van der Waals surface area contributed by atoms with Gasteiger partial charge in [-0.25, -0.2) is 8.78 Å². The number of carboxylic acid groups (broad SMARTS) is 1. The third kappa shape index (κ3) is 3.43. The number of halogens is 3. The number of aliphatic carboxylic acids is 1. The first-order chi connectivity index (χ1) is 7.00. The van der Waals surface area contributed by atoms with E-state index >= 15 is 0 Å². The minimum absolute atomic E-state index is 0.0387. The zero-order valence-electron chi connectivity index (χ0n) is 7.53. The molecular formula is C9H8ClF2NO2. The van der Waals surface area contributed by atoms with Gasteiger partial charge in [0.2, 0.25) is 6.43 Å². The molecule has 15 heavy (non-hydrogen) atoms. The number of nitrogens with zero attached hydrogens (tertiary/aromatic N) is 1. The van der Waals surface area contributed by atoms with E-state index in [1.54, 1.807) is 0 Å². The van der Waals surface area contributed by atoms with Crippen molar-refractivity contribution < 1.29 is 18.7 Å². The standard InChI is InChI=1S/C9H8ClF2NO2/c10-5-1-2-7(13-4-5)6(9(11)12)3-8(14)15/h1-2,4,6,9H,3H2,(H,14,15). The molecule has 1 aromatic heterocycles. The molecule has 0 aliphatic carbocycles. The number of carbonyl (C=O) groups is 1. The molecule has 0 spiro atoms. The monoisotopic (exact) mass is 235 g/mol. The Labute approximate surface area is 89.7 Å². The minimum Gasteiger partial charge on any atom is -0.481 e. The molecule has 0 amide bonds. The molecule has 0 aliphatic heterocycles. The van der Waals surface area contributed by atoms with Crippen LogP contribution in [0, 0.1) is 0 Å². The maximum atomic E-state index is 12.5. The number of alkyl halides is 2. The van der Waals surface area contributed by atoms with Crippen molar-refractivity contribution in [1.29, 1.82) is 0 Å². The Kier molecular flexibility index (Phi) is 3.96. The second-order valence-corrected chi connectivity index (χ2v) is 3.38. The summed E-state index contributed by atoms with van der Waals surface area (Å²) < 4.78 is 25.0. The van der Waals surface area contributed by atoms with Gasteiger partial charge in [0.05, 0.1) is 17.4 Å². The number of carboxylic acids is 1. The molecule has 0 aliphatic rings. The van der Waals surface area contributed by atoms with Crippen LogP contribution >= 0.6 is 11.6 Å². The Bertz CT molecular complexity index is 342. The molecule has 3 nitrogen and oxygen atoms in total. The van der Waals surface area contributed by atoms with Crippen LogP contribution in [0.25, 0.3) is 0 Å². The number of aromatic nitrogens is 1. The lowest BCUT2D eigenvalue weighted by Crippen LogP contribution is -2.15. The first kappa shape index (κ1) is 11.8. The third-order valence-electron chi connectivity index (χ3n) is 1.83. The Balaban J connectivity index is 2.88. The lowest BCUT2D eigenvalue weighted by Gasteiger charge is -2.12. The van der Waals surface area contributed by atoms with E-state index in [0.29, 0.717) is 5.02 Å². The highest BCUT2D eigenvalue weighted by Gasteiger charge is 2.26. The SMILES string of the molecule is O=C(O)CC(c1ccc(Cl)cn1)C(F)F. The van der Waals surface area contributed by atoms with Crippen molar-refractivity contribution in [2.24, 2.45) is 0 Å². The van der Waals surface area contributed by atoms with Crippen molar-refractivity contribution in [3.8, 4) is 0 Å². The van der Waals surface area contributed by atoms with E-state index in [2.05, 4.69) is 4.98 Å². The van der Waals surface area contributed by atoms with Crippen molar-refractivity contribution >= 4 is 17.6 Å². The summed E-state index contributed by atoms with van der Waals surface area (Å²) in [5, 5.41) is 8.78. The smallest absolute Gasteiger partial charge is 0.304 e. The van der Waals surface area contributed by atoms with Gasteiger partial charge < -0.3 is 5.11 Å². The summed E-state index contributed by atoms with van der Waals surface area (Å²) in [6.07, 6.45) is -2.18. The van der Waals surface area contributed by atoms with Gasteiger partial charge in [0.1, 0.15) is 0 Å². The molecule has 1 aromatic rings. The van der Waals surface area contributed by atoms with E-state index in [0.717, 1.165) is 0 Å². The highest BCUT2D eigenvalue weighted by atomic mass is 35.5. The van der Waals surface area contributed by atoms with E-state index in [-0.39, 0.29) is 5.69 Å². The maximum absolute atomic E-state index is 12.5. The Morgan fingerprint density at radius 1 is 1.53 bits per heavy atom. The van der Waals surface area contributed by atoms with Crippen LogP contribution in [0.1, 0.15) is 18.0 Å². The molecule has 82 valence electrons. The van der Waals surface area contributed by atoms with Crippen molar-refractivity contribution in [1.82, 2.24) is 4.98 Å². The molecule has 0 saturated heterocycles. The number of rotatable bonds is 4. The number of hydrogen-bond donors (Lipinski definition) is 1. The Morgan fingerprint density at radius 3 is 2.60 bits per heavy atom. The minimum atomic E-state index is -2.75. The van der Waals surface area contributed by atoms with Gasteiger partial charge in [0, 0.05) is 11.9 Å². The summed E-state index contributed by atoms with van der Waals surface area (Å²) in [7, 11) is 0. The second-order valence-electron chi connectivity index (χ2n) is 2.94. The second kappa shape index (κ2) is 5.02. The predicted molar refractivity (Wildman–Crippen MR) is 50.2 cm³/mol. The number of hydrogen-bond acceptors (Lipinski definition) is 2. The first-order valence-electron chi connectivity index (χ1n) is 4.12. The van der Waals surface area contributed by atoms with Crippen LogP contribution in [0.5, 0.6) is 0 Å². The zero-order chi connectivity index (χ0) is 11.4. The highest BCUT2D eigenvalue weighted by molar-refractivity contribution is 6.30. The van der Waals surface area contributed by atoms with Crippen molar-refractivity contribution in [3.63, 3.8) is 0 Å². The molecule has 1 atom stereocenters. The van der Waals surface area contributed by atoms with Crippen LogP contribution in [-0.2, 0) is 4.79 Å². The lowest BCUT2D eigenvalue weighted by atomic mass is 10.0. The summed E-state index contributed by atoms with van der Waals surface area (Å²) in [4.78, 5) is 14.0. The van der Waals surface area contributed by atoms with Gasteiger partial charge in [-0.15, -0.1) is 0 Å². The van der Waals surface area contributed by atoms with Crippen LogP contribution in [0.3, 0.4) is 0 Å². The normalized spacial score (nSPS) is 12.8. The van der Waals surface area contributed by atoms with Gasteiger partial charge in [0.15, 0.2) is 0 Å². The summed E-state index contributed by atoms with van der Waals surface area (Å²) >= 11 is 5.54. The Hall–Kier alpha value is -1.23. The van der Waals surface area contributed by atoms with Crippen molar-refractivity contribution in [2.45, 2.75) is 18.8 Å². The third-order valence-corrected chi connectivity index (χ3v) is 2.05. The zero-order valence-corrected chi connectivity index (χ0v) is 8.29. The molecule has 1 rings (SSSR count). The molecule has 6 heteroatoms. The summed E-state index contributed by atoms with van der Waals surface area (Å²) in [6, 6.07) is 2.71. The highest BCUT2D eigenvalue weighted by Crippen LogP contribution is 2.25. The molecular weight excluding hydrogens is 228 g/mol. The summed E-state index contributed by atoms with van der Waals surface area (Å²) in [5.41, 5.74) is 0.0387. The summed E-state index contributed by atoms with van der Waals surface area (Å²) in [5.74, 6) is -2.67. The molecule has 0 fully saturated rings. The van der Waals surface area contributed by atoms with Crippen LogP contribution in [0.4, 0.5) is 8.78 Å². The number of pyridine rings is 1. The average molecular weight is 236 g/mol. The van der Waals surface area contributed by atoms with E-state index in [4.69, 9.17) is 16.7 Å². The largest absolute Gasteiger partial charge is 0.481 e. The predicted octanol–water partition coefficient (Wildman–Crippen LogP) is 2.56. The van der Waals surface area contributed by atoms with Crippen LogP contribution in [-0.4, -0.2) is 22.5 Å². The van der Waals surface area contributed by atoms with Gasteiger partial charge >= 0.3 is 5.97 Å². The fourth-order valence-electron chi connectivity index (χ4n) is 1.12. The molecule has 1 N–H and O–H groups in total. The van der Waals surface area contributed by atoms with E-state index in [1.807, 2.05) is 0 Å². The van der Waals surface area contributed by atoms with Gasteiger partial charge in [-0.05, 0) is 12.1 Å². The summed E-state index contributed by atoms with van der Waals surface area (Å²) in [6.45, 7) is 0. The average Bonchev–Trinajstić information content (AvgIpc) is 2.15. The topological polar surface area (TPSA) is 50.2 Å². The fraction of sp³-hybridized carbons (Fsp3) is 0.333.